The zero-order chi connectivity index (χ0) is 24.2. The first-order chi connectivity index (χ1) is 15.6. The summed E-state index contributed by atoms with van der Waals surface area (Å²) < 4.78 is 46.3. The van der Waals surface area contributed by atoms with Gasteiger partial charge in [-0.3, -0.25) is 9.59 Å². The fourth-order valence-corrected chi connectivity index (χ4v) is 3.94. The minimum absolute atomic E-state index is 0.0761. The zero-order valence-corrected chi connectivity index (χ0v) is 18.1. The van der Waals surface area contributed by atoms with E-state index in [2.05, 4.69) is 4.99 Å². The molecule has 1 heterocycles. The summed E-state index contributed by atoms with van der Waals surface area (Å²) >= 11 is 0. The van der Waals surface area contributed by atoms with E-state index in [1.54, 1.807) is 24.1 Å². The Kier molecular flexibility index (Phi) is 7.25. The van der Waals surface area contributed by atoms with Gasteiger partial charge in [-0.05, 0) is 54.2 Å². The maximum absolute atomic E-state index is 13.7. The fourth-order valence-electron chi connectivity index (χ4n) is 3.94. The average Bonchev–Trinajstić information content (AvgIpc) is 2.78. The lowest BCUT2D eigenvalue weighted by atomic mass is 9.85. The number of halogens is 3. The first-order valence-corrected chi connectivity index (χ1v) is 10.3. The van der Waals surface area contributed by atoms with Crippen molar-refractivity contribution < 1.29 is 27.5 Å². The van der Waals surface area contributed by atoms with Crippen LogP contribution in [-0.2, 0) is 17.4 Å². The summed E-state index contributed by atoms with van der Waals surface area (Å²) in [6, 6.07) is 10.5. The number of ether oxygens (including phenoxy) is 1. The number of hydrogen-bond donors (Lipinski definition) is 2. The molecule has 2 amide bonds. The molecule has 33 heavy (non-hydrogen) atoms. The van der Waals surface area contributed by atoms with Crippen LogP contribution in [0.4, 0.5) is 13.2 Å². The van der Waals surface area contributed by atoms with E-state index in [9.17, 15) is 22.8 Å². The predicted molar refractivity (Wildman–Crippen MR) is 117 cm³/mol. The highest BCUT2D eigenvalue weighted by Gasteiger charge is 2.37. The highest BCUT2D eigenvalue weighted by Crippen LogP contribution is 2.39. The summed E-state index contributed by atoms with van der Waals surface area (Å²) in [5.74, 6) is -1.24. The van der Waals surface area contributed by atoms with Crippen LogP contribution in [0, 0.1) is 0 Å². The van der Waals surface area contributed by atoms with Crippen molar-refractivity contribution in [2.24, 2.45) is 16.5 Å². The zero-order valence-electron chi connectivity index (χ0n) is 18.1. The number of piperidine rings is 1. The Morgan fingerprint density at radius 1 is 1.09 bits per heavy atom. The molecule has 0 saturated carbocycles. The van der Waals surface area contributed by atoms with Gasteiger partial charge < -0.3 is 21.1 Å². The molecule has 1 fully saturated rings. The molecule has 176 valence electrons. The smallest absolute Gasteiger partial charge is 0.416 e. The van der Waals surface area contributed by atoms with E-state index in [1.807, 2.05) is 12.1 Å². The third-order valence-electron chi connectivity index (χ3n) is 5.64. The molecular weight excluding hydrogens is 437 g/mol. The molecule has 2 aromatic rings. The highest BCUT2D eigenvalue weighted by molar-refractivity contribution is 6.02. The second-order valence-electron chi connectivity index (χ2n) is 7.82. The Morgan fingerprint density at radius 2 is 1.73 bits per heavy atom. The van der Waals surface area contributed by atoms with Crippen molar-refractivity contribution in [2.75, 3.05) is 20.2 Å². The second kappa shape index (κ2) is 9.93. The number of benzene rings is 2. The lowest BCUT2D eigenvalue weighted by Gasteiger charge is -2.33. The first kappa shape index (κ1) is 24.1. The quantitative estimate of drug-likeness (QED) is 0.524. The van der Waals surface area contributed by atoms with E-state index in [0.717, 1.165) is 11.6 Å². The molecule has 10 heteroatoms. The molecule has 1 aliphatic heterocycles. The Bertz CT molecular complexity index is 1040. The topological polar surface area (TPSA) is 111 Å². The number of rotatable bonds is 5. The molecule has 1 saturated heterocycles. The third kappa shape index (κ3) is 6.03. The number of nitrogens with zero attached hydrogens (tertiary/aromatic N) is 2. The second-order valence-corrected chi connectivity index (χ2v) is 7.82. The van der Waals surface area contributed by atoms with Gasteiger partial charge in [0.1, 0.15) is 5.75 Å². The molecule has 0 atom stereocenters. The largest absolute Gasteiger partial charge is 0.497 e. The van der Waals surface area contributed by atoms with Gasteiger partial charge in [0.2, 0.25) is 5.91 Å². The molecule has 0 radical (unpaired) electrons. The summed E-state index contributed by atoms with van der Waals surface area (Å²) in [6.07, 6.45) is -3.66. The SMILES string of the molecule is COc1ccc(CC(=O)N2CCC(c3ccc(C(=O)N=C(N)N)cc3C(F)(F)F)CC2)cc1. The molecule has 3 rings (SSSR count). The molecule has 0 bridgehead atoms. The summed E-state index contributed by atoms with van der Waals surface area (Å²) in [5, 5.41) is 0. The predicted octanol–water partition coefficient (Wildman–Crippen LogP) is 3.08. The summed E-state index contributed by atoms with van der Waals surface area (Å²) in [7, 11) is 1.56. The normalized spacial score (nSPS) is 14.6. The Hall–Kier alpha value is -3.56. The van der Waals surface area contributed by atoms with Gasteiger partial charge in [0.15, 0.2) is 5.96 Å². The lowest BCUT2D eigenvalue weighted by molar-refractivity contribution is -0.139. The lowest BCUT2D eigenvalue weighted by Crippen LogP contribution is -2.39. The van der Waals surface area contributed by atoms with Crippen molar-refractivity contribution in [3.8, 4) is 5.75 Å². The number of nitrogens with two attached hydrogens (primary N) is 2. The first-order valence-electron chi connectivity index (χ1n) is 10.3. The average molecular weight is 462 g/mol. The monoisotopic (exact) mass is 462 g/mol. The van der Waals surface area contributed by atoms with Gasteiger partial charge in [-0.15, -0.1) is 0 Å². The van der Waals surface area contributed by atoms with Crippen LogP contribution in [0.2, 0.25) is 0 Å². The van der Waals surface area contributed by atoms with E-state index < -0.39 is 23.6 Å². The molecule has 0 aliphatic carbocycles. The number of methoxy groups -OCH3 is 1. The number of carbonyl (C=O) groups excluding carboxylic acids is 2. The van der Waals surface area contributed by atoms with Crippen molar-refractivity contribution in [2.45, 2.75) is 31.4 Å². The van der Waals surface area contributed by atoms with Crippen molar-refractivity contribution in [1.82, 2.24) is 4.90 Å². The van der Waals surface area contributed by atoms with Gasteiger partial charge in [-0.1, -0.05) is 18.2 Å². The van der Waals surface area contributed by atoms with E-state index in [4.69, 9.17) is 16.2 Å². The van der Waals surface area contributed by atoms with E-state index >= 15 is 0 Å². The van der Waals surface area contributed by atoms with Crippen molar-refractivity contribution in [1.29, 1.82) is 0 Å². The van der Waals surface area contributed by atoms with Gasteiger partial charge in [0, 0.05) is 18.7 Å². The number of aliphatic imine (C=N–C) groups is 1. The minimum atomic E-state index is -4.65. The number of likely N-dealkylation sites (tertiary alicyclic amines) is 1. The Labute approximate surface area is 189 Å². The Morgan fingerprint density at radius 3 is 2.27 bits per heavy atom. The number of alkyl halides is 3. The van der Waals surface area contributed by atoms with E-state index in [0.29, 0.717) is 31.7 Å². The van der Waals surface area contributed by atoms with Gasteiger partial charge in [0.05, 0.1) is 19.1 Å². The summed E-state index contributed by atoms with van der Waals surface area (Å²) in [5.41, 5.74) is 10.1. The van der Waals surface area contributed by atoms with E-state index in [1.165, 1.54) is 12.1 Å². The maximum Gasteiger partial charge on any atom is 0.416 e. The number of amides is 2. The standard InChI is InChI=1S/C23H25F3N4O3/c1-33-17-5-2-14(3-6-17)12-20(31)30-10-8-15(9-11-30)18-7-4-16(21(32)29-22(27)28)13-19(18)23(24,25)26/h2-7,13,15H,8-12H2,1H3,(H4,27,28,29,32). The Balaban J connectivity index is 1.70. The molecule has 0 spiro atoms. The van der Waals surface area contributed by atoms with Crippen LogP contribution < -0.4 is 16.2 Å². The van der Waals surface area contributed by atoms with Gasteiger partial charge in [-0.2, -0.15) is 18.2 Å². The third-order valence-corrected chi connectivity index (χ3v) is 5.64. The van der Waals surface area contributed by atoms with Crippen LogP contribution in [0.15, 0.2) is 47.5 Å². The molecule has 4 N–H and O–H groups in total. The van der Waals surface area contributed by atoms with Gasteiger partial charge >= 0.3 is 6.18 Å². The van der Waals surface area contributed by atoms with Gasteiger partial charge in [0.25, 0.3) is 5.91 Å². The summed E-state index contributed by atoms with van der Waals surface area (Å²) in [4.78, 5) is 29.6. The van der Waals surface area contributed by atoms with Crippen LogP contribution in [0.1, 0.15) is 45.8 Å². The van der Waals surface area contributed by atoms with Crippen molar-refractivity contribution in [3.05, 3.63) is 64.7 Å². The number of hydrogen-bond acceptors (Lipinski definition) is 3. The molecular formula is C23H25F3N4O3. The molecule has 2 aromatic carbocycles. The van der Waals surface area contributed by atoms with Gasteiger partial charge in [-0.25, -0.2) is 0 Å². The highest BCUT2D eigenvalue weighted by atomic mass is 19.4. The van der Waals surface area contributed by atoms with Crippen LogP contribution >= 0.6 is 0 Å². The number of carbonyl (C=O) groups is 2. The van der Waals surface area contributed by atoms with Crippen LogP contribution in [0.25, 0.3) is 0 Å². The number of guanidine groups is 1. The molecule has 0 aromatic heterocycles. The van der Waals surface area contributed by atoms with Crippen molar-refractivity contribution >= 4 is 17.8 Å². The van der Waals surface area contributed by atoms with E-state index in [-0.39, 0.29) is 29.4 Å². The molecule has 7 nitrogen and oxygen atoms in total. The van der Waals surface area contributed by atoms with Crippen LogP contribution in [-0.4, -0.2) is 42.9 Å². The van der Waals surface area contributed by atoms with Crippen LogP contribution in [0.5, 0.6) is 5.75 Å². The minimum Gasteiger partial charge on any atom is -0.497 e. The van der Waals surface area contributed by atoms with Crippen molar-refractivity contribution in [3.63, 3.8) is 0 Å². The maximum atomic E-state index is 13.7. The molecule has 0 unspecified atom stereocenters. The summed E-state index contributed by atoms with van der Waals surface area (Å²) in [6.45, 7) is 0.706. The fraction of sp³-hybridized carbons (Fsp3) is 0.348. The van der Waals surface area contributed by atoms with Crippen LogP contribution in [0.3, 0.4) is 0 Å². The molecule has 1 aliphatic rings.